The second-order valence-electron chi connectivity index (χ2n) is 7.76. The van der Waals surface area contributed by atoms with Gasteiger partial charge in [-0.25, -0.2) is 0 Å². The molecule has 2 fully saturated rings. The zero-order valence-electron chi connectivity index (χ0n) is 17.0. The molecule has 2 aromatic carbocycles. The van der Waals surface area contributed by atoms with Crippen LogP contribution in [0.1, 0.15) is 38.5 Å². The second kappa shape index (κ2) is 10.7. The molecule has 2 heterocycles. The number of rotatable bonds is 3. The Kier molecular flexibility index (Phi) is 8.05. The largest absolute Gasteiger partial charge is 0.399 e. The van der Waals surface area contributed by atoms with Gasteiger partial charge in [-0.05, 0) is 62.8 Å². The monoisotopic (exact) mass is 450 g/mol. The van der Waals surface area contributed by atoms with Gasteiger partial charge in [0.25, 0.3) is 5.69 Å². The highest BCUT2D eigenvalue weighted by Crippen LogP contribution is 2.29. The van der Waals surface area contributed by atoms with Gasteiger partial charge in [0.1, 0.15) is 0 Å². The van der Waals surface area contributed by atoms with Gasteiger partial charge in [0, 0.05) is 65.4 Å². The molecule has 2 N–H and O–H groups in total. The Labute approximate surface area is 187 Å². The molecule has 6 nitrogen and oxygen atoms in total. The van der Waals surface area contributed by atoms with E-state index in [1.54, 1.807) is 18.2 Å². The van der Waals surface area contributed by atoms with E-state index in [1.807, 2.05) is 12.1 Å². The zero-order chi connectivity index (χ0) is 21.5. The van der Waals surface area contributed by atoms with Gasteiger partial charge in [-0.15, -0.1) is 0 Å². The van der Waals surface area contributed by atoms with Crippen molar-refractivity contribution < 1.29 is 4.92 Å². The first-order valence-corrected chi connectivity index (χ1v) is 11.2. The molecule has 0 radical (unpaired) electrons. The van der Waals surface area contributed by atoms with E-state index < -0.39 is 4.92 Å². The van der Waals surface area contributed by atoms with Gasteiger partial charge in [-0.3, -0.25) is 10.1 Å². The average molecular weight is 451 g/mol. The van der Waals surface area contributed by atoms with E-state index in [4.69, 9.17) is 28.9 Å². The van der Waals surface area contributed by atoms with Crippen LogP contribution < -0.4 is 15.5 Å². The van der Waals surface area contributed by atoms with E-state index in [9.17, 15) is 10.1 Å². The predicted octanol–water partition coefficient (Wildman–Crippen LogP) is 6.15. The van der Waals surface area contributed by atoms with Gasteiger partial charge in [0.05, 0.1) is 4.92 Å². The highest BCUT2D eigenvalue weighted by molar-refractivity contribution is 6.31. The second-order valence-corrected chi connectivity index (χ2v) is 8.64. The van der Waals surface area contributed by atoms with E-state index in [0.29, 0.717) is 5.02 Å². The third-order valence-electron chi connectivity index (χ3n) is 5.43. The van der Waals surface area contributed by atoms with Crippen LogP contribution in [0.5, 0.6) is 0 Å². The van der Waals surface area contributed by atoms with Gasteiger partial charge in [-0.2, -0.15) is 0 Å². The molecule has 30 heavy (non-hydrogen) atoms. The van der Waals surface area contributed by atoms with Crippen LogP contribution in [-0.4, -0.2) is 31.1 Å². The predicted molar refractivity (Wildman–Crippen MR) is 126 cm³/mol. The molecular weight excluding hydrogens is 423 g/mol. The van der Waals surface area contributed by atoms with Crippen molar-refractivity contribution in [1.82, 2.24) is 0 Å². The molecule has 0 aromatic heterocycles. The number of hydrogen-bond donors (Lipinski definition) is 1. The van der Waals surface area contributed by atoms with Crippen molar-refractivity contribution in [2.45, 2.75) is 38.5 Å². The Balaban J connectivity index is 0.000000172. The van der Waals surface area contributed by atoms with Crippen molar-refractivity contribution in [2.24, 2.45) is 0 Å². The van der Waals surface area contributed by atoms with Crippen LogP contribution in [0, 0.1) is 10.1 Å². The fourth-order valence-electron chi connectivity index (χ4n) is 3.93. The number of non-ortho nitro benzene ring substituents is 1. The molecule has 0 bridgehead atoms. The lowest BCUT2D eigenvalue weighted by Crippen LogP contribution is -2.29. The van der Waals surface area contributed by atoms with Crippen molar-refractivity contribution in [2.75, 3.05) is 41.7 Å². The summed E-state index contributed by atoms with van der Waals surface area (Å²) < 4.78 is 0. The molecule has 0 unspecified atom stereocenters. The van der Waals surface area contributed by atoms with Gasteiger partial charge in [0.15, 0.2) is 0 Å². The highest BCUT2D eigenvalue weighted by atomic mass is 35.5. The van der Waals surface area contributed by atoms with Crippen molar-refractivity contribution in [3.63, 3.8) is 0 Å². The van der Waals surface area contributed by atoms with Crippen molar-refractivity contribution in [1.29, 1.82) is 0 Å². The van der Waals surface area contributed by atoms with E-state index in [0.717, 1.165) is 61.1 Å². The number of benzene rings is 2. The van der Waals surface area contributed by atoms with Crippen LogP contribution in [-0.2, 0) is 0 Å². The van der Waals surface area contributed by atoms with Crippen molar-refractivity contribution in [3.05, 3.63) is 56.6 Å². The summed E-state index contributed by atoms with van der Waals surface area (Å²) in [5, 5.41) is 11.9. The summed E-state index contributed by atoms with van der Waals surface area (Å²) in [6.45, 7) is 4.16. The van der Waals surface area contributed by atoms with Crippen LogP contribution in [0.2, 0.25) is 10.0 Å². The number of hydrogen-bond acceptors (Lipinski definition) is 5. The number of anilines is 3. The molecule has 2 aliphatic rings. The normalized spacial score (nSPS) is 16.6. The SMILES string of the molecule is Nc1cc(Cl)cc(N2CCCCC2)c1.O=[N+]([O-])c1cc(Cl)cc(N2CCCCC2)c1. The van der Waals surface area contributed by atoms with Crippen molar-refractivity contribution in [3.8, 4) is 0 Å². The standard InChI is InChI=1S/C11H13ClN2O2.C11H15ClN2/c12-9-6-10(8-11(7-9)14(15)16)13-4-2-1-3-5-13;12-9-6-10(13)8-11(7-9)14-4-2-1-3-5-14/h6-8H,1-5H2;6-8H,1-5,13H2. The third-order valence-corrected chi connectivity index (χ3v) is 5.86. The van der Waals surface area contributed by atoms with Crippen molar-refractivity contribution >= 4 is 46.0 Å². The Morgan fingerprint density at radius 2 is 1.20 bits per heavy atom. The van der Waals surface area contributed by atoms with Gasteiger partial charge in [-0.1, -0.05) is 23.2 Å². The Hall–Kier alpha value is -2.18. The molecule has 4 rings (SSSR count). The van der Waals surface area contributed by atoms with Crippen LogP contribution in [0.25, 0.3) is 0 Å². The lowest BCUT2D eigenvalue weighted by Gasteiger charge is -2.29. The van der Waals surface area contributed by atoms with Crippen LogP contribution >= 0.6 is 23.2 Å². The molecule has 162 valence electrons. The summed E-state index contributed by atoms with van der Waals surface area (Å²) in [5.74, 6) is 0. The fraction of sp³-hybridized carbons (Fsp3) is 0.455. The Bertz CT molecular complexity index is 846. The number of piperidine rings is 2. The fourth-order valence-corrected chi connectivity index (χ4v) is 4.39. The summed E-state index contributed by atoms with van der Waals surface area (Å²) in [5.41, 5.74) is 8.59. The number of nitrogens with zero attached hydrogens (tertiary/aromatic N) is 3. The minimum atomic E-state index is -0.403. The van der Waals surface area contributed by atoms with Gasteiger partial charge in [0.2, 0.25) is 0 Å². The quantitative estimate of drug-likeness (QED) is 0.344. The average Bonchev–Trinajstić information content (AvgIpc) is 2.74. The summed E-state index contributed by atoms with van der Waals surface area (Å²) >= 11 is 11.8. The number of nitro groups is 1. The molecule has 0 amide bonds. The smallest absolute Gasteiger partial charge is 0.272 e. The van der Waals surface area contributed by atoms with E-state index >= 15 is 0 Å². The van der Waals surface area contributed by atoms with Crippen LogP contribution in [0.3, 0.4) is 0 Å². The maximum Gasteiger partial charge on any atom is 0.272 e. The van der Waals surface area contributed by atoms with Gasteiger partial charge >= 0.3 is 0 Å². The summed E-state index contributed by atoms with van der Waals surface area (Å²) in [7, 11) is 0. The first-order valence-electron chi connectivity index (χ1n) is 10.4. The molecule has 0 aliphatic carbocycles. The number of nitrogen functional groups attached to an aromatic ring is 1. The molecule has 0 spiro atoms. The van der Waals surface area contributed by atoms with Gasteiger partial charge < -0.3 is 15.5 Å². The molecule has 0 atom stereocenters. The first kappa shape index (κ1) is 22.5. The zero-order valence-corrected chi connectivity index (χ0v) is 18.5. The minimum absolute atomic E-state index is 0.0630. The molecular formula is C22H28Cl2N4O2. The number of halogens is 2. The van der Waals surface area contributed by atoms with E-state index in [1.165, 1.54) is 31.7 Å². The summed E-state index contributed by atoms with van der Waals surface area (Å²) in [6.07, 6.45) is 7.39. The topological polar surface area (TPSA) is 75.6 Å². The maximum atomic E-state index is 10.7. The summed E-state index contributed by atoms with van der Waals surface area (Å²) in [6, 6.07) is 10.5. The molecule has 2 saturated heterocycles. The molecule has 2 aromatic rings. The molecule has 0 saturated carbocycles. The maximum absolute atomic E-state index is 10.7. The van der Waals surface area contributed by atoms with E-state index in [2.05, 4.69) is 9.80 Å². The molecule has 8 heteroatoms. The Morgan fingerprint density at radius 1 is 0.733 bits per heavy atom. The Morgan fingerprint density at radius 3 is 1.67 bits per heavy atom. The third kappa shape index (κ3) is 6.41. The van der Waals surface area contributed by atoms with Crippen LogP contribution in [0.4, 0.5) is 22.7 Å². The van der Waals surface area contributed by atoms with E-state index in [-0.39, 0.29) is 5.69 Å². The molecule has 2 aliphatic heterocycles. The summed E-state index contributed by atoms with van der Waals surface area (Å²) in [4.78, 5) is 14.8. The number of nitro benzene ring substituents is 1. The van der Waals surface area contributed by atoms with Crippen LogP contribution in [0.15, 0.2) is 36.4 Å². The minimum Gasteiger partial charge on any atom is -0.399 e. The number of nitrogens with two attached hydrogens (primary N) is 1. The lowest BCUT2D eigenvalue weighted by molar-refractivity contribution is -0.384. The first-order chi connectivity index (χ1) is 14.4. The highest BCUT2D eigenvalue weighted by Gasteiger charge is 2.15. The lowest BCUT2D eigenvalue weighted by atomic mass is 10.1.